The normalized spacial score (nSPS) is 15.0. The predicted molar refractivity (Wildman–Crippen MR) is 86.7 cm³/mol. The lowest BCUT2D eigenvalue weighted by atomic mass is 10.1. The molecule has 0 bridgehead atoms. The summed E-state index contributed by atoms with van der Waals surface area (Å²) in [5.41, 5.74) is 0.935. The van der Waals surface area contributed by atoms with E-state index in [0.29, 0.717) is 22.9 Å². The first-order valence-electron chi connectivity index (χ1n) is 7.67. The number of anilines is 1. The van der Waals surface area contributed by atoms with Gasteiger partial charge in [-0.3, -0.25) is 19.3 Å². The number of amides is 2. The van der Waals surface area contributed by atoms with Crippen LogP contribution in [0.15, 0.2) is 18.2 Å². The number of nitrogens with one attached hydrogen (secondary N) is 1. The van der Waals surface area contributed by atoms with Gasteiger partial charge in [0.05, 0.1) is 5.69 Å². The van der Waals surface area contributed by atoms with Crippen molar-refractivity contribution in [1.82, 2.24) is 5.32 Å². The van der Waals surface area contributed by atoms with Crippen LogP contribution in [-0.2, 0) is 9.59 Å². The Labute approximate surface area is 135 Å². The molecule has 0 saturated carbocycles. The molecule has 6 nitrogen and oxygen atoms in total. The van der Waals surface area contributed by atoms with Gasteiger partial charge < -0.3 is 10.1 Å². The Balaban J connectivity index is 2.22. The minimum absolute atomic E-state index is 0.0154. The zero-order chi connectivity index (χ0) is 17.1. The Morgan fingerprint density at radius 2 is 2.00 bits per heavy atom. The number of hydrogen-bond acceptors (Lipinski definition) is 4. The van der Waals surface area contributed by atoms with Crippen molar-refractivity contribution >= 4 is 23.3 Å². The second-order valence-corrected chi connectivity index (χ2v) is 6.11. The fraction of sp³-hybridized carbons (Fsp3) is 0.471. The van der Waals surface area contributed by atoms with Gasteiger partial charge in [0, 0.05) is 11.6 Å². The lowest BCUT2D eigenvalue weighted by Gasteiger charge is -2.30. The number of carbonyl (C=O) groups is 3. The summed E-state index contributed by atoms with van der Waals surface area (Å²) in [6, 6.07) is 4.91. The molecule has 1 N–H and O–H groups in total. The molecule has 2 amide bonds. The van der Waals surface area contributed by atoms with Crippen molar-refractivity contribution in [3.8, 4) is 5.75 Å². The number of carbonyl (C=O) groups excluding carboxylic acids is 3. The zero-order valence-corrected chi connectivity index (χ0v) is 13.9. The number of ether oxygens (including phenoxy) is 1. The predicted octanol–water partition coefficient (Wildman–Crippen LogP) is 1.78. The van der Waals surface area contributed by atoms with E-state index in [1.165, 1.54) is 11.8 Å². The summed E-state index contributed by atoms with van der Waals surface area (Å²) in [5, 5.41) is 2.87. The van der Waals surface area contributed by atoms with Gasteiger partial charge in [-0.2, -0.15) is 0 Å². The van der Waals surface area contributed by atoms with Gasteiger partial charge in [0.1, 0.15) is 12.3 Å². The number of benzene rings is 1. The lowest BCUT2D eigenvalue weighted by molar-refractivity contribution is -0.125. The molecule has 0 aromatic heterocycles. The Morgan fingerprint density at radius 3 is 2.61 bits per heavy atom. The average Bonchev–Trinajstić information content (AvgIpc) is 2.49. The van der Waals surface area contributed by atoms with Crippen molar-refractivity contribution in [1.29, 1.82) is 0 Å². The van der Waals surface area contributed by atoms with Crippen molar-refractivity contribution in [3.05, 3.63) is 23.8 Å². The highest BCUT2D eigenvalue weighted by Gasteiger charge is 2.28. The van der Waals surface area contributed by atoms with Crippen LogP contribution in [0.25, 0.3) is 0 Å². The highest BCUT2D eigenvalue weighted by atomic mass is 16.5. The van der Waals surface area contributed by atoms with Crippen molar-refractivity contribution in [2.24, 2.45) is 5.92 Å². The first-order valence-corrected chi connectivity index (χ1v) is 7.67. The molecule has 1 aromatic carbocycles. The maximum absolute atomic E-state index is 12.2. The number of fused-ring (bicyclic) bond motifs is 1. The molecule has 0 spiro atoms. The zero-order valence-electron chi connectivity index (χ0n) is 13.9. The largest absolute Gasteiger partial charge is 0.482 e. The maximum Gasteiger partial charge on any atom is 0.265 e. The van der Waals surface area contributed by atoms with Gasteiger partial charge in [-0.1, -0.05) is 13.8 Å². The SMILES string of the molecule is CC(=O)c1ccc2c(c1)N(CC(=O)NC(C)C(C)C)C(=O)CO2. The van der Waals surface area contributed by atoms with E-state index in [9.17, 15) is 14.4 Å². The molecule has 23 heavy (non-hydrogen) atoms. The molecule has 1 aliphatic heterocycles. The van der Waals surface area contributed by atoms with E-state index >= 15 is 0 Å². The van der Waals surface area contributed by atoms with E-state index in [1.54, 1.807) is 18.2 Å². The van der Waals surface area contributed by atoms with Crippen LogP contribution in [0.1, 0.15) is 38.1 Å². The summed E-state index contributed by atoms with van der Waals surface area (Å²) < 4.78 is 5.37. The van der Waals surface area contributed by atoms with Gasteiger partial charge in [0.2, 0.25) is 5.91 Å². The number of hydrogen-bond donors (Lipinski definition) is 1. The first kappa shape index (κ1) is 17.0. The number of nitrogens with zero attached hydrogens (tertiary/aromatic N) is 1. The highest BCUT2D eigenvalue weighted by Crippen LogP contribution is 2.33. The monoisotopic (exact) mass is 318 g/mol. The summed E-state index contributed by atoms with van der Waals surface area (Å²) >= 11 is 0. The molecule has 0 aliphatic carbocycles. The van der Waals surface area contributed by atoms with E-state index < -0.39 is 0 Å². The average molecular weight is 318 g/mol. The third-order valence-electron chi connectivity index (χ3n) is 4.00. The van der Waals surface area contributed by atoms with Crippen molar-refractivity contribution in [2.45, 2.75) is 33.7 Å². The first-order chi connectivity index (χ1) is 10.8. The fourth-order valence-corrected chi connectivity index (χ4v) is 2.20. The number of Topliss-reactive ketones (excluding diaryl/α,β-unsaturated/α-hetero) is 1. The van der Waals surface area contributed by atoms with Crippen LogP contribution >= 0.6 is 0 Å². The summed E-state index contributed by atoms with van der Waals surface area (Å²) in [5.74, 6) is 0.157. The molecule has 1 atom stereocenters. The van der Waals surface area contributed by atoms with Crippen LogP contribution in [0.5, 0.6) is 5.75 Å². The van der Waals surface area contributed by atoms with Gasteiger partial charge in [-0.05, 0) is 38.0 Å². The Kier molecular flexibility index (Phi) is 5.03. The van der Waals surface area contributed by atoms with Gasteiger partial charge >= 0.3 is 0 Å². The standard InChI is InChI=1S/C17H22N2O4/c1-10(2)11(3)18-16(21)8-19-14-7-13(12(4)20)5-6-15(14)23-9-17(19)22/h5-7,10-11H,8-9H2,1-4H3,(H,18,21). The Hall–Kier alpha value is -2.37. The quantitative estimate of drug-likeness (QED) is 0.840. The van der Waals surface area contributed by atoms with E-state index in [4.69, 9.17) is 4.74 Å². The third-order valence-corrected chi connectivity index (χ3v) is 4.00. The van der Waals surface area contributed by atoms with Gasteiger partial charge in [0.25, 0.3) is 5.91 Å². The molecule has 1 unspecified atom stereocenters. The molecule has 1 aromatic rings. The molecule has 2 rings (SSSR count). The fourth-order valence-electron chi connectivity index (χ4n) is 2.20. The molecular formula is C17H22N2O4. The van der Waals surface area contributed by atoms with Crippen LogP contribution in [0.4, 0.5) is 5.69 Å². The van der Waals surface area contributed by atoms with Crippen LogP contribution in [-0.4, -0.2) is 36.8 Å². The van der Waals surface area contributed by atoms with Crippen LogP contribution in [0.2, 0.25) is 0 Å². The summed E-state index contributed by atoms with van der Waals surface area (Å²) in [7, 11) is 0. The van der Waals surface area contributed by atoms with E-state index in [-0.39, 0.29) is 36.8 Å². The van der Waals surface area contributed by atoms with Gasteiger partial charge in [0.15, 0.2) is 12.4 Å². The Bertz CT molecular complexity index is 639. The summed E-state index contributed by atoms with van der Waals surface area (Å²) in [4.78, 5) is 37.2. The lowest BCUT2D eigenvalue weighted by Crippen LogP contribution is -2.47. The molecule has 1 heterocycles. The molecule has 1 aliphatic rings. The molecule has 0 fully saturated rings. The Morgan fingerprint density at radius 1 is 1.30 bits per heavy atom. The van der Waals surface area contributed by atoms with E-state index in [2.05, 4.69) is 5.32 Å². The van der Waals surface area contributed by atoms with Crippen molar-refractivity contribution < 1.29 is 19.1 Å². The van der Waals surface area contributed by atoms with Gasteiger partial charge in [-0.25, -0.2) is 0 Å². The number of rotatable bonds is 5. The maximum atomic E-state index is 12.2. The van der Waals surface area contributed by atoms with Crippen LogP contribution < -0.4 is 15.0 Å². The van der Waals surface area contributed by atoms with Crippen molar-refractivity contribution in [3.63, 3.8) is 0 Å². The smallest absolute Gasteiger partial charge is 0.265 e. The van der Waals surface area contributed by atoms with Gasteiger partial charge in [-0.15, -0.1) is 0 Å². The minimum atomic E-state index is -0.300. The molecule has 6 heteroatoms. The number of ketones is 1. The second-order valence-electron chi connectivity index (χ2n) is 6.11. The van der Waals surface area contributed by atoms with E-state index in [1.807, 2.05) is 20.8 Å². The molecule has 0 radical (unpaired) electrons. The summed E-state index contributed by atoms with van der Waals surface area (Å²) in [6.45, 7) is 7.20. The van der Waals surface area contributed by atoms with Crippen LogP contribution in [0, 0.1) is 5.92 Å². The molecule has 0 saturated heterocycles. The third kappa shape index (κ3) is 3.88. The topological polar surface area (TPSA) is 75.7 Å². The van der Waals surface area contributed by atoms with E-state index in [0.717, 1.165) is 0 Å². The highest BCUT2D eigenvalue weighted by molar-refractivity contribution is 6.04. The second kappa shape index (κ2) is 6.81. The van der Waals surface area contributed by atoms with Crippen LogP contribution in [0.3, 0.4) is 0 Å². The molecule has 124 valence electrons. The minimum Gasteiger partial charge on any atom is -0.482 e. The molecular weight excluding hydrogens is 296 g/mol. The summed E-state index contributed by atoms with van der Waals surface area (Å²) in [6.07, 6.45) is 0. The van der Waals surface area contributed by atoms with Crippen molar-refractivity contribution in [2.75, 3.05) is 18.1 Å².